The highest BCUT2D eigenvalue weighted by Crippen LogP contribution is 2.41. The predicted octanol–water partition coefficient (Wildman–Crippen LogP) is 3.16. The maximum atomic E-state index is 13.2. The average Bonchev–Trinajstić information content (AvgIpc) is 2.99. The number of rotatable bonds is 9. The monoisotopic (exact) mass is 524 g/mol. The molecule has 0 aliphatic carbocycles. The molecule has 1 amide bonds. The third kappa shape index (κ3) is 5.17. The average molecular weight is 525 g/mol. The van der Waals surface area contributed by atoms with Crippen molar-refractivity contribution in [1.29, 1.82) is 0 Å². The molecule has 0 atom stereocenters. The quantitative estimate of drug-likeness (QED) is 0.415. The zero-order valence-electron chi connectivity index (χ0n) is 22.4. The van der Waals surface area contributed by atoms with Gasteiger partial charge in [0.25, 0.3) is 5.91 Å². The summed E-state index contributed by atoms with van der Waals surface area (Å²) in [6.45, 7) is 2.31. The van der Waals surface area contributed by atoms with Gasteiger partial charge in [-0.05, 0) is 36.4 Å². The van der Waals surface area contributed by atoms with Crippen molar-refractivity contribution in [3.8, 4) is 45.8 Å². The smallest absolute Gasteiger partial charge is 0.254 e. The Morgan fingerprint density at radius 3 is 1.58 bits per heavy atom. The molecule has 0 unspecified atom stereocenters. The summed E-state index contributed by atoms with van der Waals surface area (Å²) in [6.07, 6.45) is 0. The Labute approximate surface area is 221 Å². The van der Waals surface area contributed by atoms with Crippen LogP contribution in [0.4, 0.5) is 5.82 Å². The number of benzene rings is 2. The molecule has 2 heterocycles. The first-order chi connectivity index (χ1) is 18.5. The van der Waals surface area contributed by atoms with Crippen LogP contribution in [0.15, 0.2) is 36.4 Å². The van der Waals surface area contributed by atoms with Crippen LogP contribution in [-0.4, -0.2) is 89.8 Å². The van der Waals surface area contributed by atoms with Crippen LogP contribution >= 0.6 is 0 Å². The molecule has 2 aromatic carbocycles. The minimum absolute atomic E-state index is 0.104. The van der Waals surface area contributed by atoms with Crippen molar-refractivity contribution >= 4 is 11.7 Å². The number of amides is 1. The molecular formula is C27H32N4O7. The molecule has 38 heavy (non-hydrogen) atoms. The summed E-state index contributed by atoms with van der Waals surface area (Å²) in [5.41, 5.74) is 1.94. The summed E-state index contributed by atoms with van der Waals surface area (Å²) in [5.74, 6) is 3.56. The molecular weight excluding hydrogens is 492 g/mol. The molecule has 1 fully saturated rings. The molecule has 11 heteroatoms. The van der Waals surface area contributed by atoms with Crippen LogP contribution < -0.4 is 33.3 Å². The lowest BCUT2D eigenvalue weighted by Crippen LogP contribution is -2.49. The van der Waals surface area contributed by atoms with E-state index in [0.717, 1.165) is 11.4 Å². The van der Waals surface area contributed by atoms with Crippen molar-refractivity contribution in [3.05, 3.63) is 42.0 Å². The first kappa shape index (κ1) is 26.6. The minimum atomic E-state index is -0.104. The van der Waals surface area contributed by atoms with Crippen molar-refractivity contribution in [3.63, 3.8) is 0 Å². The van der Waals surface area contributed by atoms with Gasteiger partial charge in [0.1, 0.15) is 0 Å². The van der Waals surface area contributed by atoms with Gasteiger partial charge in [0.2, 0.25) is 11.5 Å². The Morgan fingerprint density at radius 1 is 0.658 bits per heavy atom. The van der Waals surface area contributed by atoms with E-state index >= 15 is 0 Å². The summed E-state index contributed by atoms with van der Waals surface area (Å²) in [6, 6.07) is 10.8. The summed E-state index contributed by atoms with van der Waals surface area (Å²) in [4.78, 5) is 17.1. The van der Waals surface area contributed by atoms with E-state index in [1.165, 1.54) is 21.3 Å². The van der Waals surface area contributed by atoms with Crippen LogP contribution in [0.3, 0.4) is 0 Å². The van der Waals surface area contributed by atoms with Gasteiger partial charge in [-0.3, -0.25) is 4.79 Å². The molecule has 11 nitrogen and oxygen atoms in total. The standard InChI is InChI=1S/C27H32N4O7/c1-33-20-13-17(14-21(34-2)25(20)37-5)19-7-8-24(29-28-19)30-9-11-31(12-10-30)27(32)18-15-22(35-3)26(38-6)23(16-18)36-4/h7-8,13-16H,9-12H2,1-6H3. The van der Waals surface area contributed by atoms with Crippen LogP contribution in [0.2, 0.25) is 0 Å². The molecule has 1 saturated heterocycles. The van der Waals surface area contributed by atoms with Crippen molar-refractivity contribution in [2.24, 2.45) is 0 Å². The van der Waals surface area contributed by atoms with Gasteiger partial charge in [-0.2, -0.15) is 0 Å². The fraction of sp³-hybridized carbons (Fsp3) is 0.370. The van der Waals surface area contributed by atoms with E-state index in [-0.39, 0.29) is 5.91 Å². The number of anilines is 1. The van der Waals surface area contributed by atoms with E-state index in [1.807, 2.05) is 24.3 Å². The van der Waals surface area contributed by atoms with Gasteiger partial charge in [0.15, 0.2) is 28.8 Å². The van der Waals surface area contributed by atoms with E-state index in [4.69, 9.17) is 28.4 Å². The van der Waals surface area contributed by atoms with Crippen molar-refractivity contribution in [1.82, 2.24) is 15.1 Å². The van der Waals surface area contributed by atoms with E-state index in [9.17, 15) is 4.79 Å². The molecule has 1 aromatic heterocycles. The van der Waals surface area contributed by atoms with Crippen molar-refractivity contribution in [2.45, 2.75) is 0 Å². The van der Waals surface area contributed by atoms with Gasteiger partial charge in [-0.15, -0.1) is 10.2 Å². The number of piperazine rings is 1. The lowest BCUT2D eigenvalue weighted by molar-refractivity contribution is 0.0745. The van der Waals surface area contributed by atoms with Crippen molar-refractivity contribution < 1.29 is 33.2 Å². The SMILES string of the molecule is COc1cc(C(=O)N2CCN(c3ccc(-c4cc(OC)c(OC)c(OC)c4)nn3)CC2)cc(OC)c1OC. The summed E-state index contributed by atoms with van der Waals surface area (Å²) >= 11 is 0. The molecule has 1 aliphatic rings. The lowest BCUT2D eigenvalue weighted by atomic mass is 10.1. The van der Waals surface area contributed by atoms with Gasteiger partial charge < -0.3 is 38.2 Å². The Kier molecular flexibility index (Phi) is 8.25. The number of carbonyl (C=O) groups excluding carboxylic acids is 1. The summed E-state index contributed by atoms with van der Waals surface area (Å²) < 4.78 is 32.4. The van der Waals surface area contributed by atoms with Crippen LogP contribution in [0.1, 0.15) is 10.4 Å². The normalized spacial score (nSPS) is 13.1. The number of methoxy groups -OCH3 is 6. The highest BCUT2D eigenvalue weighted by Gasteiger charge is 2.25. The molecule has 0 saturated carbocycles. The first-order valence-corrected chi connectivity index (χ1v) is 12.0. The fourth-order valence-corrected chi connectivity index (χ4v) is 4.40. The first-order valence-electron chi connectivity index (χ1n) is 12.0. The molecule has 3 aromatic rings. The molecule has 1 aliphatic heterocycles. The molecule has 4 rings (SSSR count). The number of ether oxygens (including phenoxy) is 6. The summed E-state index contributed by atoms with van der Waals surface area (Å²) in [5, 5.41) is 8.86. The second-order valence-corrected chi connectivity index (χ2v) is 8.38. The maximum absolute atomic E-state index is 13.2. The largest absolute Gasteiger partial charge is 0.493 e. The number of aromatic nitrogens is 2. The Morgan fingerprint density at radius 2 is 1.16 bits per heavy atom. The fourth-order valence-electron chi connectivity index (χ4n) is 4.40. The summed E-state index contributed by atoms with van der Waals surface area (Å²) in [7, 11) is 9.29. The van der Waals surface area contributed by atoms with Gasteiger partial charge >= 0.3 is 0 Å². The predicted molar refractivity (Wildman–Crippen MR) is 141 cm³/mol. The zero-order chi connectivity index (χ0) is 27.2. The molecule has 202 valence electrons. The maximum Gasteiger partial charge on any atom is 0.254 e. The Hall–Kier alpha value is -4.41. The topological polar surface area (TPSA) is 105 Å². The van der Waals surface area contributed by atoms with Crippen LogP contribution in [0.5, 0.6) is 34.5 Å². The van der Waals surface area contributed by atoms with Crippen LogP contribution in [-0.2, 0) is 0 Å². The van der Waals surface area contributed by atoms with E-state index < -0.39 is 0 Å². The number of nitrogens with zero attached hydrogens (tertiary/aromatic N) is 4. The zero-order valence-corrected chi connectivity index (χ0v) is 22.4. The van der Waals surface area contributed by atoms with Gasteiger partial charge in [-0.1, -0.05) is 0 Å². The Bertz CT molecular complexity index is 1220. The van der Waals surface area contributed by atoms with E-state index in [0.29, 0.717) is 71.9 Å². The van der Waals surface area contributed by atoms with E-state index in [1.54, 1.807) is 38.4 Å². The molecule has 0 radical (unpaired) electrons. The highest BCUT2D eigenvalue weighted by atomic mass is 16.5. The number of carbonyl (C=O) groups is 1. The van der Waals surface area contributed by atoms with Crippen LogP contribution in [0.25, 0.3) is 11.3 Å². The number of hydrogen-bond donors (Lipinski definition) is 0. The second-order valence-electron chi connectivity index (χ2n) is 8.38. The Balaban J connectivity index is 1.45. The number of hydrogen-bond acceptors (Lipinski definition) is 10. The molecule has 0 bridgehead atoms. The second kappa shape index (κ2) is 11.8. The van der Waals surface area contributed by atoms with Crippen LogP contribution in [0, 0.1) is 0 Å². The highest BCUT2D eigenvalue weighted by molar-refractivity contribution is 5.95. The third-order valence-corrected chi connectivity index (χ3v) is 6.41. The van der Waals surface area contributed by atoms with Gasteiger partial charge in [0, 0.05) is 37.3 Å². The van der Waals surface area contributed by atoms with Gasteiger partial charge in [-0.25, -0.2) is 0 Å². The van der Waals surface area contributed by atoms with Crippen molar-refractivity contribution in [2.75, 3.05) is 73.7 Å². The van der Waals surface area contributed by atoms with E-state index in [2.05, 4.69) is 15.1 Å². The van der Waals surface area contributed by atoms with Gasteiger partial charge in [0.05, 0.1) is 48.4 Å². The minimum Gasteiger partial charge on any atom is -0.493 e. The third-order valence-electron chi connectivity index (χ3n) is 6.41. The molecule has 0 N–H and O–H groups in total. The molecule has 0 spiro atoms. The lowest BCUT2D eigenvalue weighted by Gasteiger charge is -2.35.